The van der Waals surface area contributed by atoms with E-state index in [-0.39, 0.29) is 12.3 Å². The van der Waals surface area contributed by atoms with Gasteiger partial charge < -0.3 is 15.4 Å². The highest BCUT2D eigenvalue weighted by Crippen LogP contribution is 2.33. The maximum Gasteiger partial charge on any atom is 0.327 e. The summed E-state index contributed by atoms with van der Waals surface area (Å²) < 4.78 is 1.90. The predicted molar refractivity (Wildman–Crippen MR) is 132 cm³/mol. The van der Waals surface area contributed by atoms with Gasteiger partial charge in [-0.05, 0) is 29.7 Å². The van der Waals surface area contributed by atoms with Gasteiger partial charge in [-0.3, -0.25) is 15.1 Å². The number of carbonyl (C=O) groups is 2. The Hall–Kier alpha value is -4.53. The quantitative estimate of drug-likeness (QED) is 0.294. The molecular weight excluding hydrogens is 444 g/mol. The van der Waals surface area contributed by atoms with E-state index in [1.165, 1.54) is 11.1 Å². The largest absolute Gasteiger partial charge is 0.480 e. The number of nitrogens with zero attached hydrogens (tertiary/aromatic N) is 4. The van der Waals surface area contributed by atoms with Gasteiger partial charge in [0.15, 0.2) is 5.65 Å². The van der Waals surface area contributed by atoms with Crippen molar-refractivity contribution in [2.24, 2.45) is 12.8 Å². The van der Waals surface area contributed by atoms with Crippen molar-refractivity contribution < 1.29 is 14.7 Å². The zero-order chi connectivity index (χ0) is 24.7. The highest BCUT2D eigenvalue weighted by Gasteiger charge is 2.38. The van der Waals surface area contributed by atoms with Crippen LogP contribution in [0.15, 0.2) is 60.8 Å². The second-order valence-electron chi connectivity index (χ2n) is 8.63. The highest BCUT2D eigenvalue weighted by molar-refractivity contribution is 6.11. The second kappa shape index (κ2) is 8.68. The van der Waals surface area contributed by atoms with Crippen LogP contribution in [-0.2, 0) is 31.1 Å². The Labute approximate surface area is 201 Å². The first kappa shape index (κ1) is 22.3. The van der Waals surface area contributed by atoms with Crippen LogP contribution in [0.4, 0.5) is 5.69 Å². The Morgan fingerprint density at radius 3 is 2.57 bits per heavy atom. The molecule has 1 aliphatic heterocycles. The molecule has 3 heterocycles. The number of imidazole rings is 1. The number of fused-ring (bicyclic) bond motifs is 2. The lowest BCUT2D eigenvalue weighted by atomic mass is 10.1. The maximum atomic E-state index is 13.4. The highest BCUT2D eigenvalue weighted by atomic mass is 16.4. The normalized spacial score (nSPS) is 14.8. The second-order valence-corrected chi connectivity index (χ2v) is 8.63. The number of aryl methyl sites for hydroxylation is 3. The molecule has 1 aliphatic rings. The van der Waals surface area contributed by atoms with Crippen molar-refractivity contribution in [1.82, 2.24) is 14.5 Å². The van der Waals surface area contributed by atoms with Crippen LogP contribution >= 0.6 is 0 Å². The number of carbonyl (C=O) groups excluding carboxylic acids is 1. The number of nitrogen functional groups attached to an aromatic ring is 1. The number of aromatic nitrogens is 3. The summed E-state index contributed by atoms with van der Waals surface area (Å²) in [4.78, 5) is 35.8. The lowest BCUT2D eigenvalue weighted by Crippen LogP contribution is -2.42. The maximum absolute atomic E-state index is 13.4. The van der Waals surface area contributed by atoms with Gasteiger partial charge in [0, 0.05) is 37.3 Å². The molecule has 4 N–H and O–H groups in total. The number of nitrogens with one attached hydrogen (secondary N) is 1. The van der Waals surface area contributed by atoms with Gasteiger partial charge in [0.25, 0.3) is 5.91 Å². The number of hydrogen-bond acceptors (Lipinski definition) is 5. The van der Waals surface area contributed by atoms with Crippen LogP contribution in [0, 0.1) is 5.41 Å². The first-order chi connectivity index (χ1) is 16.8. The molecule has 0 radical (unpaired) electrons. The van der Waals surface area contributed by atoms with E-state index in [0.29, 0.717) is 34.4 Å². The molecular formula is C26H24N6O3. The number of amides is 1. The number of pyridine rings is 1. The summed E-state index contributed by atoms with van der Waals surface area (Å²) >= 11 is 0. The first-order valence-corrected chi connectivity index (χ1v) is 11.2. The van der Waals surface area contributed by atoms with Gasteiger partial charge in [-0.2, -0.15) is 0 Å². The molecule has 5 rings (SSSR count). The summed E-state index contributed by atoms with van der Waals surface area (Å²) in [6.45, 7) is 0. The average molecular weight is 469 g/mol. The number of rotatable bonds is 6. The summed E-state index contributed by atoms with van der Waals surface area (Å²) in [6.07, 6.45) is 3.16. The molecule has 176 valence electrons. The molecule has 35 heavy (non-hydrogen) atoms. The third kappa shape index (κ3) is 4.01. The fourth-order valence-corrected chi connectivity index (χ4v) is 4.54. The van der Waals surface area contributed by atoms with E-state index < -0.39 is 17.9 Å². The van der Waals surface area contributed by atoms with E-state index in [2.05, 4.69) is 4.98 Å². The van der Waals surface area contributed by atoms with E-state index in [0.717, 1.165) is 23.4 Å². The van der Waals surface area contributed by atoms with Crippen molar-refractivity contribution in [2.45, 2.75) is 25.3 Å². The number of carboxylic acid groups (broad SMARTS) is 1. The number of carboxylic acids is 1. The number of hydrogen-bond donors (Lipinski definition) is 3. The van der Waals surface area contributed by atoms with Crippen LogP contribution in [0.25, 0.3) is 11.2 Å². The van der Waals surface area contributed by atoms with E-state index in [1.54, 1.807) is 18.2 Å². The molecule has 0 saturated carbocycles. The number of nitrogens with two attached hydrogens (primary N) is 1. The Bertz CT molecular complexity index is 1470. The van der Waals surface area contributed by atoms with Gasteiger partial charge in [0.1, 0.15) is 23.2 Å². The van der Waals surface area contributed by atoms with Crippen molar-refractivity contribution in [3.05, 3.63) is 88.9 Å². The molecule has 0 fully saturated rings. The Morgan fingerprint density at radius 2 is 1.86 bits per heavy atom. The Kier molecular flexibility index (Phi) is 5.52. The number of anilines is 1. The molecule has 1 unspecified atom stereocenters. The van der Waals surface area contributed by atoms with Gasteiger partial charge in [0.05, 0.1) is 5.56 Å². The first-order valence-electron chi connectivity index (χ1n) is 11.2. The standard InChI is InChI=1S/C26H24N6O3/c1-31-22(11-8-15-6-9-16(10-7-15)23(27)28)30-19-12-18(14-29-24(19)31)25(33)32-20-5-3-2-4-17(20)13-21(32)26(34)35/h2-7,9-10,12,14,21H,8,11,13H2,1H3,(H3,27,28)(H,34,35). The minimum Gasteiger partial charge on any atom is -0.480 e. The number of aliphatic carboxylic acids is 1. The number of amidine groups is 1. The van der Waals surface area contributed by atoms with E-state index >= 15 is 0 Å². The fraction of sp³-hybridized carbons (Fsp3) is 0.192. The monoisotopic (exact) mass is 468 g/mol. The predicted octanol–water partition coefficient (Wildman–Crippen LogP) is 2.69. The third-order valence-corrected chi connectivity index (χ3v) is 6.43. The van der Waals surface area contributed by atoms with Crippen LogP contribution in [0.2, 0.25) is 0 Å². The van der Waals surface area contributed by atoms with Crippen LogP contribution in [-0.4, -0.2) is 43.4 Å². The van der Waals surface area contributed by atoms with Gasteiger partial charge in [0.2, 0.25) is 0 Å². The van der Waals surface area contributed by atoms with Crippen molar-refractivity contribution in [3.63, 3.8) is 0 Å². The zero-order valence-electron chi connectivity index (χ0n) is 19.1. The summed E-state index contributed by atoms with van der Waals surface area (Å²) in [5.41, 5.74) is 10.3. The van der Waals surface area contributed by atoms with Crippen LogP contribution < -0.4 is 10.6 Å². The van der Waals surface area contributed by atoms with Crippen molar-refractivity contribution in [1.29, 1.82) is 5.41 Å². The lowest BCUT2D eigenvalue weighted by Gasteiger charge is -2.22. The summed E-state index contributed by atoms with van der Waals surface area (Å²) in [7, 11) is 1.88. The number of benzene rings is 2. The zero-order valence-corrected chi connectivity index (χ0v) is 19.1. The summed E-state index contributed by atoms with van der Waals surface area (Å²) in [5.74, 6) is -0.590. The van der Waals surface area contributed by atoms with Crippen LogP contribution in [0.5, 0.6) is 0 Å². The molecule has 0 bridgehead atoms. The van der Waals surface area contributed by atoms with Gasteiger partial charge in [-0.15, -0.1) is 0 Å². The third-order valence-electron chi connectivity index (χ3n) is 6.43. The molecule has 2 aromatic carbocycles. The van der Waals surface area contributed by atoms with Crippen LogP contribution in [0.1, 0.15) is 32.9 Å². The van der Waals surface area contributed by atoms with Crippen molar-refractivity contribution in [2.75, 3.05) is 4.90 Å². The number of para-hydroxylation sites is 1. The molecule has 9 nitrogen and oxygen atoms in total. The SMILES string of the molecule is Cn1c(CCc2ccc(C(=N)N)cc2)nc2cc(C(=O)N3c4ccccc4CC3C(=O)O)cnc21. The summed E-state index contributed by atoms with van der Waals surface area (Å²) in [6, 6.07) is 15.5. The van der Waals surface area contributed by atoms with Gasteiger partial charge in [-0.25, -0.2) is 14.8 Å². The molecule has 2 aromatic heterocycles. The van der Waals surface area contributed by atoms with Gasteiger partial charge in [-0.1, -0.05) is 42.5 Å². The minimum atomic E-state index is -1.04. The average Bonchev–Trinajstić information content (AvgIpc) is 3.40. The van der Waals surface area contributed by atoms with Crippen molar-refractivity contribution in [3.8, 4) is 0 Å². The van der Waals surface area contributed by atoms with E-state index in [4.69, 9.17) is 16.1 Å². The topological polar surface area (TPSA) is 138 Å². The van der Waals surface area contributed by atoms with Crippen LogP contribution in [0.3, 0.4) is 0 Å². The summed E-state index contributed by atoms with van der Waals surface area (Å²) in [5, 5.41) is 17.2. The molecule has 0 spiro atoms. The van der Waals surface area contributed by atoms with Crippen molar-refractivity contribution >= 4 is 34.6 Å². The fourth-order valence-electron chi connectivity index (χ4n) is 4.54. The molecule has 0 saturated heterocycles. The van der Waals surface area contributed by atoms with E-state index in [1.807, 2.05) is 48.0 Å². The molecule has 9 heteroatoms. The molecule has 1 amide bonds. The molecule has 0 aliphatic carbocycles. The Balaban J connectivity index is 1.40. The molecule has 1 atom stereocenters. The smallest absolute Gasteiger partial charge is 0.327 e. The molecule has 4 aromatic rings. The lowest BCUT2D eigenvalue weighted by molar-refractivity contribution is -0.138. The van der Waals surface area contributed by atoms with Gasteiger partial charge >= 0.3 is 5.97 Å². The Morgan fingerprint density at radius 1 is 1.11 bits per heavy atom. The minimum absolute atomic E-state index is 0.0374. The van der Waals surface area contributed by atoms with E-state index in [9.17, 15) is 14.7 Å².